The van der Waals surface area contributed by atoms with E-state index in [0.29, 0.717) is 27.3 Å². The third-order valence-electron chi connectivity index (χ3n) is 3.28. The first kappa shape index (κ1) is 18.0. The number of nitrogens with one attached hydrogen (secondary N) is 1. The van der Waals surface area contributed by atoms with Crippen LogP contribution in [0.3, 0.4) is 0 Å². The molecule has 1 N–H and O–H groups in total. The van der Waals surface area contributed by atoms with E-state index < -0.39 is 5.91 Å². The van der Waals surface area contributed by atoms with Crippen molar-refractivity contribution < 1.29 is 13.9 Å². The van der Waals surface area contributed by atoms with Gasteiger partial charge >= 0.3 is 0 Å². The van der Waals surface area contributed by atoms with E-state index in [2.05, 4.69) is 10.5 Å². The molecule has 0 bridgehead atoms. The monoisotopic (exact) mass is 388 g/mol. The molecule has 1 amide bonds. The molecule has 5 nitrogen and oxygen atoms in total. The number of hydrazone groups is 1. The van der Waals surface area contributed by atoms with Crippen molar-refractivity contribution in [3.63, 3.8) is 0 Å². The number of carbonyl (C=O) groups is 1. The minimum atomic E-state index is -0.400. The first-order valence-electron chi connectivity index (χ1n) is 7.66. The van der Waals surface area contributed by atoms with Crippen molar-refractivity contribution in [3.8, 4) is 17.1 Å². The van der Waals surface area contributed by atoms with Crippen molar-refractivity contribution in [3.05, 3.63) is 76.5 Å². The van der Waals surface area contributed by atoms with Crippen LogP contribution in [0.4, 0.5) is 0 Å². The molecule has 0 aliphatic heterocycles. The zero-order chi connectivity index (χ0) is 18.4. The molecule has 0 atom stereocenters. The van der Waals surface area contributed by atoms with E-state index in [1.54, 1.807) is 48.5 Å². The zero-order valence-electron chi connectivity index (χ0n) is 13.5. The number of nitrogens with zero attached hydrogens (tertiary/aromatic N) is 1. The average molecular weight is 389 g/mol. The van der Waals surface area contributed by atoms with E-state index in [0.717, 1.165) is 5.56 Å². The SMILES string of the molecule is O=C(COc1cccc(Cl)c1)N/N=C\c1ccc(-c2cccc(Cl)c2)o1. The predicted molar refractivity (Wildman–Crippen MR) is 102 cm³/mol. The van der Waals surface area contributed by atoms with Gasteiger partial charge in [0, 0.05) is 15.6 Å². The second kappa shape index (κ2) is 8.56. The molecule has 0 saturated heterocycles. The van der Waals surface area contributed by atoms with Crippen LogP contribution in [-0.2, 0) is 4.79 Å². The molecule has 0 aliphatic carbocycles. The summed E-state index contributed by atoms with van der Waals surface area (Å²) in [4.78, 5) is 11.7. The maximum atomic E-state index is 11.7. The Labute approximate surface area is 160 Å². The van der Waals surface area contributed by atoms with Crippen molar-refractivity contribution in [2.24, 2.45) is 5.10 Å². The summed E-state index contributed by atoms with van der Waals surface area (Å²) in [6.45, 7) is -0.177. The molecule has 3 aromatic rings. The van der Waals surface area contributed by atoms with Crippen LogP contribution in [0.2, 0.25) is 10.0 Å². The maximum absolute atomic E-state index is 11.7. The number of carbonyl (C=O) groups excluding carboxylic acids is 1. The van der Waals surface area contributed by atoms with Gasteiger partial charge in [0.25, 0.3) is 5.91 Å². The number of rotatable bonds is 6. The third kappa shape index (κ3) is 5.12. The Bertz CT molecular complexity index is 938. The molecule has 0 aliphatic rings. The first-order chi connectivity index (χ1) is 12.6. The topological polar surface area (TPSA) is 63.8 Å². The van der Waals surface area contributed by atoms with Gasteiger partial charge in [-0.3, -0.25) is 4.79 Å². The van der Waals surface area contributed by atoms with Crippen LogP contribution in [0.25, 0.3) is 11.3 Å². The van der Waals surface area contributed by atoms with Crippen LogP contribution >= 0.6 is 23.2 Å². The number of amides is 1. The minimum Gasteiger partial charge on any atom is -0.484 e. The van der Waals surface area contributed by atoms with E-state index in [1.165, 1.54) is 6.21 Å². The molecule has 1 heterocycles. The van der Waals surface area contributed by atoms with Gasteiger partial charge in [-0.25, -0.2) is 5.43 Å². The van der Waals surface area contributed by atoms with Crippen LogP contribution < -0.4 is 10.2 Å². The fourth-order valence-corrected chi connectivity index (χ4v) is 2.50. The molecule has 2 aromatic carbocycles. The van der Waals surface area contributed by atoms with Gasteiger partial charge in [0.05, 0.1) is 6.21 Å². The van der Waals surface area contributed by atoms with Crippen LogP contribution in [0.5, 0.6) is 5.75 Å². The normalized spacial score (nSPS) is 10.8. The Balaban J connectivity index is 1.51. The summed E-state index contributed by atoms with van der Waals surface area (Å²) in [6, 6.07) is 17.7. The van der Waals surface area contributed by atoms with Gasteiger partial charge in [-0.05, 0) is 42.5 Å². The molecule has 0 spiro atoms. The summed E-state index contributed by atoms with van der Waals surface area (Å²) in [5.41, 5.74) is 3.22. The Morgan fingerprint density at radius 2 is 1.85 bits per heavy atom. The number of ether oxygens (including phenoxy) is 1. The summed E-state index contributed by atoms with van der Waals surface area (Å²) in [5.74, 6) is 1.26. The van der Waals surface area contributed by atoms with Gasteiger partial charge in [-0.1, -0.05) is 41.4 Å². The molecule has 1 aromatic heterocycles. The molecule has 0 fully saturated rings. The lowest BCUT2D eigenvalue weighted by molar-refractivity contribution is -0.123. The Morgan fingerprint density at radius 1 is 1.08 bits per heavy atom. The number of hydrogen-bond acceptors (Lipinski definition) is 4. The highest BCUT2D eigenvalue weighted by atomic mass is 35.5. The van der Waals surface area contributed by atoms with E-state index in [1.807, 2.05) is 12.1 Å². The highest BCUT2D eigenvalue weighted by Crippen LogP contribution is 2.24. The van der Waals surface area contributed by atoms with Crippen LogP contribution in [-0.4, -0.2) is 18.7 Å². The lowest BCUT2D eigenvalue weighted by Gasteiger charge is -2.04. The minimum absolute atomic E-state index is 0.177. The molecular weight excluding hydrogens is 375 g/mol. The van der Waals surface area contributed by atoms with E-state index in [-0.39, 0.29) is 6.61 Å². The molecular formula is C19H14Cl2N2O3. The highest BCUT2D eigenvalue weighted by molar-refractivity contribution is 6.31. The number of halogens is 2. The van der Waals surface area contributed by atoms with E-state index in [9.17, 15) is 4.79 Å². The summed E-state index contributed by atoms with van der Waals surface area (Å²) in [6.07, 6.45) is 1.41. The maximum Gasteiger partial charge on any atom is 0.277 e. The zero-order valence-corrected chi connectivity index (χ0v) is 15.0. The summed E-state index contributed by atoms with van der Waals surface area (Å²) < 4.78 is 11.0. The first-order valence-corrected chi connectivity index (χ1v) is 8.42. The van der Waals surface area contributed by atoms with Crippen LogP contribution in [0, 0.1) is 0 Å². The fraction of sp³-hybridized carbons (Fsp3) is 0.0526. The fourth-order valence-electron chi connectivity index (χ4n) is 2.12. The van der Waals surface area contributed by atoms with Crippen molar-refractivity contribution in [2.45, 2.75) is 0 Å². The molecule has 0 saturated carbocycles. The molecule has 3 rings (SSSR count). The average Bonchev–Trinajstić information content (AvgIpc) is 3.09. The largest absolute Gasteiger partial charge is 0.484 e. The Hall–Kier alpha value is -2.76. The van der Waals surface area contributed by atoms with Gasteiger partial charge in [-0.2, -0.15) is 5.10 Å². The lowest BCUT2D eigenvalue weighted by atomic mass is 10.2. The van der Waals surface area contributed by atoms with Crippen molar-refractivity contribution >= 4 is 35.3 Å². The summed E-state index contributed by atoms with van der Waals surface area (Å²) in [7, 11) is 0. The Morgan fingerprint density at radius 3 is 2.62 bits per heavy atom. The number of furan rings is 1. The summed E-state index contributed by atoms with van der Waals surface area (Å²) >= 11 is 11.8. The number of benzene rings is 2. The number of hydrogen-bond donors (Lipinski definition) is 1. The Kier molecular flexibility index (Phi) is 5.94. The van der Waals surface area contributed by atoms with Crippen LogP contribution in [0.15, 0.2) is 70.2 Å². The molecule has 0 radical (unpaired) electrons. The molecule has 7 heteroatoms. The van der Waals surface area contributed by atoms with E-state index >= 15 is 0 Å². The van der Waals surface area contributed by atoms with Gasteiger partial charge < -0.3 is 9.15 Å². The van der Waals surface area contributed by atoms with Gasteiger partial charge in [0.1, 0.15) is 17.3 Å². The van der Waals surface area contributed by atoms with Gasteiger partial charge in [0.15, 0.2) is 6.61 Å². The second-order valence-corrected chi connectivity index (χ2v) is 6.12. The van der Waals surface area contributed by atoms with Gasteiger partial charge in [0.2, 0.25) is 0 Å². The molecule has 26 heavy (non-hydrogen) atoms. The summed E-state index contributed by atoms with van der Waals surface area (Å²) in [5, 5.41) is 5.01. The van der Waals surface area contributed by atoms with Crippen molar-refractivity contribution in [1.29, 1.82) is 0 Å². The molecule has 132 valence electrons. The third-order valence-corrected chi connectivity index (χ3v) is 3.75. The van der Waals surface area contributed by atoms with Crippen LogP contribution in [0.1, 0.15) is 5.76 Å². The van der Waals surface area contributed by atoms with E-state index in [4.69, 9.17) is 32.4 Å². The van der Waals surface area contributed by atoms with Crippen molar-refractivity contribution in [1.82, 2.24) is 5.43 Å². The highest BCUT2D eigenvalue weighted by Gasteiger charge is 2.05. The second-order valence-electron chi connectivity index (χ2n) is 5.25. The quantitative estimate of drug-likeness (QED) is 0.487. The van der Waals surface area contributed by atoms with Crippen molar-refractivity contribution in [2.75, 3.05) is 6.61 Å². The predicted octanol–water partition coefficient (Wildman–Crippen LogP) is 4.78. The standard InChI is InChI=1S/C19H14Cl2N2O3/c20-14-4-1-3-13(9-14)18-8-7-17(26-18)11-22-23-19(24)12-25-16-6-2-5-15(21)10-16/h1-11H,12H2,(H,23,24)/b22-11-. The van der Waals surface area contributed by atoms with Gasteiger partial charge in [-0.15, -0.1) is 0 Å². The smallest absolute Gasteiger partial charge is 0.277 e. The lowest BCUT2D eigenvalue weighted by Crippen LogP contribution is -2.24. The molecule has 0 unspecified atom stereocenters.